The Morgan fingerprint density at radius 3 is 2.72 bits per heavy atom. The average molecular weight is 410 g/mol. The van der Waals surface area contributed by atoms with E-state index in [4.69, 9.17) is 15.3 Å². The summed E-state index contributed by atoms with van der Waals surface area (Å²) in [6.45, 7) is 0. The van der Waals surface area contributed by atoms with E-state index < -0.39 is 29.9 Å². The number of hydrogen-bond acceptors (Lipinski definition) is 5. The van der Waals surface area contributed by atoms with Gasteiger partial charge in [0.25, 0.3) is 5.91 Å². The Kier molecular flexibility index (Phi) is 4.21. The zero-order chi connectivity index (χ0) is 18.3. The van der Waals surface area contributed by atoms with Gasteiger partial charge in [0.1, 0.15) is 17.3 Å². The molecule has 2 heterocycles. The molecule has 9 nitrogen and oxygen atoms in total. The first-order valence-electron chi connectivity index (χ1n) is 7.17. The van der Waals surface area contributed by atoms with Crippen molar-refractivity contribution in [1.82, 2.24) is 4.90 Å². The van der Waals surface area contributed by atoms with Crippen LogP contribution in [0.3, 0.4) is 0 Å². The van der Waals surface area contributed by atoms with Crippen LogP contribution in [0.15, 0.2) is 27.1 Å². The van der Waals surface area contributed by atoms with Crippen LogP contribution < -0.4 is 11.1 Å². The number of nitrogens with two attached hydrogens (primary N) is 1. The fraction of sp³-hybridized carbons (Fsp3) is 0.200. The fourth-order valence-electron chi connectivity index (χ4n) is 2.75. The highest BCUT2D eigenvalue weighted by Crippen LogP contribution is 2.33. The molecule has 0 spiro atoms. The maximum Gasteiger partial charge on any atom is 0.414 e. The number of benzene rings is 1. The molecule has 1 atom stereocenters. The van der Waals surface area contributed by atoms with Crippen LogP contribution in [0, 0.1) is 0 Å². The predicted molar refractivity (Wildman–Crippen MR) is 89.0 cm³/mol. The summed E-state index contributed by atoms with van der Waals surface area (Å²) in [5.74, 6) is -2.53. The first kappa shape index (κ1) is 17.0. The third kappa shape index (κ3) is 2.95. The molecule has 1 aliphatic rings. The van der Waals surface area contributed by atoms with Gasteiger partial charge in [0.15, 0.2) is 0 Å². The Morgan fingerprint density at radius 1 is 1.36 bits per heavy atom. The zero-order valence-electron chi connectivity index (χ0n) is 12.6. The summed E-state index contributed by atoms with van der Waals surface area (Å²) in [7, 11) is 0. The van der Waals surface area contributed by atoms with Gasteiger partial charge in [-0.2, -0.15) is 0 Å². The molecule has 130 valence electrons. The molecular formula is C15H12BrN3O6. The number of anilines is 1. The molecule has 2 aromatic rings. The Labute approximate surface area is 148 Å². The number of carbonyl (C=O) groups excluding carboxylic acids is 3. The number of likely N-dealkylation sites (tertiary alicyclic amines) is 1. The smallest absolute Gasteiger partial charge is 0.414 e. The number of primary amides is 1. The minimum absolute atomic E-state index is 0.0403. The second-order valence-corrected chi connectivity index (χ2v) is 6.32. The molecule has 0 unspecified atom stereocenters. The maximum absolute atomic E-state index is 12.5. The second-order valence-electron chi connectivity index (χ2n) is 5.40. The van der Waals surface area contributed by atoms with Crippen LogP contribution in [-0.4, -0.2) is 39.9 Å². The maximum atomic E-state index is 12.5. The van der Waals surface area contributed by atoms with Gasteiger partial charge in [-0.1, -0.05) is 15.9 Å². The number of hydrogen-bond donors (Lipinski definition) is 3. The third-order valence-electron chi connectivity index (χ3n) is 3.84. The summed E-state index contributed by atoms with van der Waals surface area (Å²) in [4.78, 5) is 47.4. The van der Waals surface area contributed by atoms with Crippen molar-refractivity contribution in [2.45, 2.75) is 18.9 Å². The summed E-state index contributed by atoms with van der Waals surface area (Å²) < 4.78 is 6.04. The molecule has 0 bridgehead atoms. The molecule has 1 aromatic heterocycles. The number of furan rings is 1. The molecule has 0 radical (unpaired) electrons. The monoisotopic (exact) mass is 409 g/mol. The number of halogens is 1. The van der Waals surface area contributed by atoms with Gasteiger partial charge < -0.3 is 20.6 Å². The van der Waals surface area contributed by atoms with Crippen molar-refractivity contribution in [1.29, 1.82) is 0 Å². The van der Waals surface area contributed by atoms with Crippen LogP contribution in [0.1, 0.15) is 23.4 Å². The Hall–Kier alpha value is -2.88. The summed E-state index contributed by atoms with van der Waals surface area (Å²) in [5, 5.41) is 12.0. The number of rotatable bonds is 3. The minimum atomic E-state index is -1.50. The first-order chi connectivity index (χ1) is 11.8. The van der Waals surface area contributed by atoms with Gasteiger partial charge in [0.05, 0.1) is 0 Å². The van der Waals surface area contributed by atoms with Crippen molar-refractivity contribution in [3.8, 4) is 0 Å². The van der Waals surface area contributed by atoms with Crippen LogP contribution in [0.5, 0.6) is 0 Å². The Bertz CT molecular complexity index is 921. The highest BCUT2D eigenvalue weighted by Gasteiger charge is 2.41. The van der Waals surface area contributed by atoms with Crippen molar-refractivity contribution < 1.29 is 28.7 Å². The van der Waals surface area contributed by atoms with Crippen molar-refractivity contribution in [2.24, 2.45) is 5.73 Å². The predicted octanol–water partition coefficient (Wildman–Crippen LogP) is 1.90. The lowest BCUT2D eigenvalue weighted by Gasteiger charge is -2.18. The van der Waals surface area contributed by atoms with E-state index in [2.05, 4.69) is 21.2 Å². The van der Waals surface area contributed by atoms with Crippen molar-refractivity contribution >= 4 is 56.4 Å². The van der Waals surface area contributed by atoms with Crippen molar-refractivity contribution in [3.05, 3.63) is 28.4 Å². The van der Waals surface area contributed by atoms with E-state index in [1.54, 1.807) is 18.2 Å². The van der Waals surface area contributed by atoms with Gasteiger partial charge in [-0.05, 0) is 24.6 Å². The van der Waals surface area contributed by atoms with Crippen LogP contribution in [0.25, 0.3) is 11.0 Å². The molecule has 1 fully saturated rings. The van der Waals surface area contributed by atoms with E-state index in [-0.39, 0.29) is 24.3 Å². The minimum Gasteiger partial charge on any atom is -0.465 e. The average Bonchev–Trinajstić information content (AvgIpc) is 3.08. The SMILES string of the molecule is NC(=O)c1oc2ccc(Br)cc2c1NC(=O)[C@@H]1CCC(=O)N1C(=O)O. The number of nitrogens with zero attached hydrogens (tertiary/aromatic N) is 1. The summed E-state index contributed by atoms with van der Waals surface area (Å²) in [5.41, 5.74) is 5.65. The molecule has 1 saturated heterocycles. The third-order valence-corrected chi connectivity index (χ3v) is 4.34. The molecule has 25 heavy (non-hydrogen) atoms. The lowest BCUT2D eigenvalue weighted by atomic mass is 10.1. The van der Waals surface area contributed by atoms with Gasteiger partial charge in [-0.15, -0.1) is 0 Å². The van der Waals surface area contributed by atoms with Crippen LogP contribution in [0.4, 0.5) is 10.5 Å². The molecule has 1 aliphatic heterocycles. The highest BCUT2D eigenvalue weighted by molar-refractivity contribution is 9.10. The van der Waals surface area contributed by atoms with E-state index in [0.29, 0.717) is 20.3 Å². The van der Waals surface area contributed by atoms with E-state index in [9.17, 15) is 19.2 Å². The van der Waals surface area contributed by atoms with Crippen LogP contribution in [0.2, 0.25) is 0 Å². The Morgan fingerprint density at radius 2 is 2.08 bits per heavy atom. The molecule has 0 saturated carbocycles. The number of amides is 4. The second kappa shape index (κ2) is 6.20. The van der Waals surface area contributed by atoms with Crippen molar-refractivity contribution in [3.63, 3.8) is 0 Å². The topological polar surface area (TPSA) is 143 Å². The van der Waals surface area contributed by atoms with E-state index in [0.717, 1.165) is 0 Å². The fourth-order valence-corrected chi connectivity index (χ4v) is 3.11. The lowest BCUT2D eigenvalue weighted by Crippen LogP contribution is -2.44. The number of carboxylic acid groups (broad SMARTS) is 1. The number of imide groups is 1. The van der Waals surface area contributed by atoms with Gasteiger partial charge in [0, 0.05) is 16.3 Å². The molecular weight excluding hydrogens is 398 g/mol. The van der Waals surface area contributed by atoms with Crippen LogP contribution in [-0.2, 0) is 9.59 Å². The lowest BCUT2D eigenvalue weighted by molar-refractivity contribution is -0.131. The summed E-state index contributed by atoms with van der Waals surface area (Å²) in [6, 6.07) is 3.71. The first-order valence-corrected chi connectivity index (χ1v) is 7.96. The standard InChI is InChI=1S/C15H12BrN3O6/c16-6-1-3-9-7(5-6)11(12(25-9)13(17)21)18-14(22)8-2-4-10(20)19(8)15(23)24/h1,3,5,8H,2,4H2,(H2,17,21)(H,18,22)(H,23,24)/t8-/m0/s1. The molecule has 4 N–H and O–H groups in total. The molecule has 0 aliphatic carbocycles. The summed E-state index contributed by atoms with van der Waals surface area (Å²) >= 11 is 3.28. The van der Waals surface area contributed by atoms with Crippen LogP contribution >= 0.6 is 15.9 Å². The number of fused-ring (bicyclic) bond motifs is 1. The number of carbonyl (C=O) groups is 4. The molecule has 3 rings (SSSR count). The number of nitrogens with one attached hydrogen (secondary N) is 1. The Balaban J connectivity index is 1.99. The van der Waals surface area contributed by atoms with Crippen molar-refractivity contribution in [2.75, 3.05) is 5.32 Å². The molecule has 1 aromatic carbocycles. The molecule has 4 amide bonds. The molecule has 10 heteroatoms. The normalized spacial score (nSPS) is 17.1. The van der Waals surface area contributed by atoms with Gasteiger partial charge in [0.2, 0.25) is 17.6 Å². The largest absolute Gasteiger partial charge is 0.465 e. The van der Waals surface area contributed by atoms with E-state index in [1.165, 1.54) is 0 Å². The van der Waals surface area contributed by atoms with E-state index >= 15 is 0 Å². The zero-order valence-corrected chi connectivity index (χ0v) is 14.2. The summed E-state index contributed by atoms with van der Waals surface area (Å²) in [6.07, 6.45) is -1.50. The van der Waals surface area contributed by atoms with Gasteiger partial charge >= 0.3 is 6.09 Å². The quantitative estimate of drug-likeness (QED) is 0.705. The van der Waals surface area contributed by atoms with Gasteiger partial charge in [-0.3, -0.25) is 14.4 Å². The van der Waals surface area contributed by atoms with Gasteiger partial charge in [-0.25, -0.2) is 9.69 Å². The van der Waals surface area contributed by atoms with E-state index in [1.807, 2.05) is 0 Å². The highest BCUT2D eigenvalue weighted by atomic mass is 79.9.